The van der Waals surface area contributed by atoms with E-state index in [2.05, 4.69) is 10.3 Å². The standard InChI is InChI=1S/C53H58N2O15/c1-28-35(66-47(62)41(67-46(61)34-24-23-30-17-15-16-22-33(30)54-34)39(31-18-11-9-12-19-31)55-48(63)70-49(3,4)5)26-53(64)44(68-45(60)32-20-13-10-14-21-32)42-51(8,43(59)40(58)38(28)50(53,6)7)36(57)25-37-52(42,27-65-37)69-29(2)56/h9-24,35-37,39-42,44,57-58,64H,25-27H2,1-8H3,(H,55,63)/t35-,36-,37+,39-,40+,41+,42-,44-,51+,52-,53+/m0/s1. The molecule has 3 aliphatic carbocycles. The van der Waals surface area contributed by atoms with Crippen molar-refractivity contribution in [3.8, 4) is 0 Å². The molecule has 17 nitrogen and oxygen atoms in total. The molecule has 1 aliphatic heterocycles. The number of ketones is 1. The number of pyridine rings is 1. The monoisotopic (exact) mass is 962 g/mol. The van der Waals surface area contributed by atoms with E-state index in [1.54, 1.807) is 99.6 Å². The van der Waals surface area contributed by atoms with Crippen LogP contribution in [0.2, 0.25) is 0 Å². The van der Waals surface area contributed by atoms with E-state index in [0.717, 1.165) is 12.3 Å². The van der Waals surface area contributed by atoms with E-state index >= 15 is 9.59 Å². The van der Waals surface area contributed by atoms with E-state index in [0.29, 0.717) is 5.52 Å². The first-order valence-corrected chi connectivity index (χ1v) is 23.2. The van der Waals surface area contributed by atoms with Crippen LogP contribution in [0.25, 0.3) is 10.9 Å². The molecule has 11 atom stereocenters. The molecule has 4 N–H and O–H groups in total. The number of nitrogens with zero attached hydrogens (tertiary/aromatic N) is 1. The van der Waals surface area contributed by atoms with E-state index in [-0.39, 0.29) is 41.0 Å². The minimum atomic E-state index is -2.44. The summed E-state index contributed by atoms with van der Waals surface area (Å²) in [6.45, 7) is 11.7. The highest BCUT2D eigenvalue weighted by Crippen LogP contribution is 2.64. The molecule has 2 saturated carbocycles. The van der Waals surface area contributed by atoms with Crippen LogP contribution in [0.4, 0.5) is 4.79 Å². The van der Waals surface area contributed by atoms with Crippen molar-refractivity contribution < 1.29 is 72.5 Å². The number of amides is 1. The fourth-order valence-electron chi connectivity index (χ4n) is 11.0. The number of alkyl carbamates (subject to hydrolysis) is 1. The van der Waals surface area contributed by atoms with Crippen LogP contribution >= 0.6 is 0 Å². The van der Waals surface area contributed by atoms with Gasteiger partial charge in [-0.3, -0.25) is 9.59 Å². The number of aliphatic hydroxyl groups excluding tert-OH is 2. The maximum Gasteiger partial charge on any atom is 0.408 e. The molecule has 2 bridgehead atoms. The van der Waals surface area contributed by atoms with Gasteiger partial charge in [0.25, 0.3) is 0 Å². The summed E-state index contributed by atoms with van der Waals surface area (Å²) >= 11 is 0. The number of benzene rings is 3. The van der Waals surface area contributed by atoms with Gasteiger partial charge in [0.05, 0.1) is 35.1 Å². The van der Waals surface area contributed by atoms with Gasteiger partial charge in [0, 0.05) is 30.6 Å². The van der Waals surface area contributed by atoms with E-state index < -0.39 is 118 Å². The number of nitrogens with one attached hydrogen (secondary N) is 1. The Morgan fingerprint density at radius 3 is 2.13 bits per heavy atom. The fourth-order valence-corrected chi connectivity index (χ4v) is 11.0. The van der Waals surface area contributed by atoms with Gasteiger partial charge >= 0.3 is 30.0 Å². The molecule has 0 spiro atoms. The van der Waals surface area contributed by atoms with Crippen LogP contribution in [0, 0.1) is 16.7 Å². The zero-order chi connectivity index (χ0) is 50.7. The minimum Gasteiger partial charge on any atom is -0.455 e. The van der Waals surface area contributed by atoms with E-state index in [9.17, 15) is 34.5 Å². The summed E-state index contributed by atoms with van der Waals surface area (Å²) in [4.78, 5) is 90.2. The Labute approximate surface area is 404 Å². The van der Waals surface area contributed by atoms with Gasteiger partial charge in [-0.1, -0.05) is 86.6 Å². The summed E-state index contributed by atoms with van der Waals surface area (Å²) < 4.78 is 36.3. The Kier molecular flexibility index (Phi) is 13.1. The number of esters is 4. The topological polar surface area (TPSA) is 243 Å². The molecular weight excluding hydrogens is 905 g/mol. The highest BCUT2D eigenvalue weighted by atomic mass is 16.6. The van der Waals surface area contributed by atoms with Crippen molar-refractivity contribution in [1.29, 1.82) is 0 Å². The summed E-state index contributed by atoms with van der Waals surface area (Å²) in [5.74, 6) is -6.58. The van der Waals surface area contributed by atoms with Gasteiger partial charge in [0.2, 0.25) is 6.10 Å². The molecule has 0 radical (unpaired) electrons. The second kappa shape index (κ2) is 18.3. The third-order valence-electron chi connectivity index (χ3n) is 14.6. The largest absolute Gasteiger partial charge is 0.455 e. The third-order valence-corrected chi connectivity index (χ3v) is 14.6. The molecule has 1 saturated heterocycles. The van der Waals surface area contributed by atoms with E-state index in [4.69, 9.17) is 28.4 Å². The first kappa shape index (κ1) is 49.9. The molecule has 370 valence electrons. The Balaban J connectivity index is 1.27. The zero-order valence-corrected chi connectivity index (χ0v) is 40.2. The smallest absolute Gasteiger partial charge is 0.408 e. The van der Waals surface area contributed by atoms with Gasteiger partial charge in [-0.15, -0.1) is 0 Å². The van der Waals surface area contributed by atoms with Crippen LogP contribution in [0.15, 0.2) is 108 Å². The number of aromatic nitrogens is 1. The number of Topliss-reactive ketones (excluding diaryl/α,β-unsaturated/α-hetero) is 1. The molecule has 3 fully saturated rings. The summed E-state index contributed by atoms with van der Waals surface area (Å²) in [5, 5.41) is 41.7. The predicted octanol–water partition coefficient (Wildman–Crippen LogP) is 5.67. The minimum absolute atomic E-state index is 0.0547. The number of hydrogen-bond donors (Lipinski definition) is 4. The van der Waals surface area contributed by atoms with Crippen molar-refractivity contribution in [2.24, 2.45) is 16.7 Å². The molecule has 1 aromatic heterocycles. The Morgan fingerprint density at radius 1 is 0.857 bits per heavy atom. The first-order chi connectivity index (χ1) is 32.9. The summed E-state index contributed by atoms with van der Waals surface area (Å²) in [6.07, 6.45) is -11.9. The van der Waals surface area contributed by atoms with Crippen molar-refractivity contribution >= 4 is 46.7 Å². The normalized spacial score (nSPS) is 29.8. The summed E-state index contributed by atoms with van der Waals surface area (Å²) in [5.41, 5.74) is -8.39. The second-order valence-corrected chi connectivity index (χ2v) is 20.3. The van der Waals surface area contributed by atoms with Gasteiger partial charge in [0.15, 0.2) is 11.4 Å². The lowest BCUT2D eigenvalue weighted by atomic mass is 9.44. The molecule has 1 amide bonds. The van der Waals surface area contributed by atoms with Crippen LogP contribution in [-0.2, 0) is 42.8 Å². The average molecular weight is 963 g/mol. The first-order valence-electron chi connectivity index (χ1n) is 23.2. The van der Waals surface area contributed by atoms with Crippen LogP contribution in [0.1, 0.15) is 101 Å². The maximum atomic E-state index is 15.3. The zero-order valence-electron chi connectivity index (χ0n) is 40.2. The highest BCUT2D eigenvalue weighted by molar-refractivity contribution is 5.95. The molecule has 8 rings (SSSR count). The Bertz CT molecular complexity index is 2750. The van der Waals surface area contributed by atoms with Gasteiger partial charge < -0.3 is 49.1 Å². The molecular formula is C53H58N2O15. The molecule has 17 heteroatoms. The quantitative estimate of drug-likeness (QED) is 0.0850. The number of para-hydroxylation sites is 1. The predicted molar refractivity (Wildman–Crippen MR) is 249 cm³/mol. The third kappa shape index (κ3) is 8.62. The lowest BCUT2D eigenvalue weighted by Gasteiger charge is -2.67. The number of carbonyl (C=O) groups is 6. The maximum absolute atomic E-state index is 15.3. The number of aliphatic hydroxyl groups is 3. The number of fused-ring (bicyclic) bond motifs is 6. The van der Waals surface area contributed by atoms with Crippen molar-refractivity contribution in [2.75, 3.05) is 6.61 Å². The Hall–Kier alpha value is -6.53. The van der Waals surface area contributed by atoms with E-state index in [1.165, 1.54) is 45.9 Å². The van der Waals surface area contributed by atoms with E-state index in [1.807, 2.05) is 0 Å². The number of rotatable bonds is 10. The number of ether oxygens (including phenoxy) is 6. The van der Waals surface area contributed by atoms with Crippen LogP contribution in [-0.4, -0.2) is 116 Å². The van der Waals surface area contributed by atoms with Crippen molar-refractivity contribution in [2.45, 2.75) is 128 Å². The highest BCUT2D eigenvalue weighted by Gasteiger charge is 2.78. The number of carbonyl (C=O) groups excluding carboxylic acids is 6. The summed E-state index contributed by atoms with van der Waals surface area (Å²) in [6, 6.07) is 24.6. The van der Waals surface area contributed by atoms with Gasteiger partial charge in [-0.2, -0.15) is 0 Å². The SMILES string of the molecule is CC(=O)O[C@@]12CO[C@@H]1C[C@H](O)[C@@]1(C)C(=O)[C@H](O)C3=C(C)[C@@H](OC(=O)[C@H](OC(=O)c4ccc5ccccc5n4)[C@@H](NC(=O)OC(C)(C)C)c4ccccc4)C[C@@](O)([C@@H](OC(=O)c4ccccc4)[C@H]21)C3(C)C. The van der Waals surface area contributed by atoms with Crippen molar-refractivity contribution in [3.63, 3.8) is 0 Å². The number of hydrogen-bond acceptors (Lipinski definition) is 16. The van der Waals surface area contributed by atoms with Crippen molar-refractivity contribution in [3.05, 3.63) is 125 Å². The van der Waals surface area contributed by atoms with Gasteiger partial charge in [-0.05, 0) is 75.6 Å². The molecule has 3 aromatic carbocycles. The lowest BCUT2D eigenvalue weighted by molar-refractivity contribution is -0.346. The van der Waals surface area contributed by atoms with Crippen LogP contribution in [0.3, 0.4) is 0 Å². The second-order valence-electron chi connectivity index (χ2n) is 20.3. The van der Waals surface area contributed by atoms with Gasteiger partial charge in [0.1, 0.15) is 47.4 Å². The fraction of sp³-hybridized carbons (Fsp3) is 0.453. The lowest BCUT2D eigenvalue weighted by Crippen LogP contribution is -2.81. The average Bonchev–Trinajstić information content (AvgIpc) is 3.30. The molecule has 2 heterocycles. The Morgan fingerprint density at radius 2 is 1.50 bits per heavy atom. The molecule has 0 unspecified atom stereocenters. The van der Waals surface area contributed by atoms with Crippen LogP contribution < -0.4 is 5.32 Å². The molecule has 4 aromatic rings. The van der Waals surface area contributed by atoms with Crippen molar-refractivity contribution in [1.82, 2.24) is 10.3 Å². The summed E-state index contributed by atoms with van der Waals surface area (Å²) in [7, 11) is 0. The molecule has 70 heavy (non-hydrogen) atoms. The molecule has 4 aliphatic rings. The van der Waals surface area contributed by atoms with Crippen LogP contribution in [0.5, 0.6) is 0 Å². The van der Waals surface area contributed by atoms with Gasteiger partial charge in [-0.25, -0.2) is 24.2 Å².